The molecular formula is C20H22N2O4S. The highest BCUT2D eigenvalue weighted by atomic mass is 32.2. The molecule has 1 N–H and O–H groups in total. The number of carbonyl (C=O) groups excluding carboxylic acids is 1. The predicted molar refractivity (Wildman–Crippen MR) is 103 cm³/mol. The summed E-state index contributed by atoms with van der Waals surface area (Å²) in [7, 11) is -3.72. The highest BCUT2D eigenvalue weighted by molar-refractivity contribution is 7.92. The summed E-state index contributed by atoms with van der Waals surface area (Å²) in [5, 5.41) is 3.04. The molecule has 27 heavy (non-hydrogen) atoms. The molecule has 0 atom stereocenters. The average Bonchev–Trinajstić information content (AvgIpc) is 3.20. The molecule has 1 aliphatic heterocycles. The molecule has 0 radical (unpaired) electrons. The van der Waals surface area contributed by atoms with Crippen molar-refractivity contribution in [3.8, 4) is 5.75 Å². The first-order valence-electron chi connectivity index (χ1n) is 9.21. The van der Waals surface area contributed by atoms with Gasteiger partial charge in [-0.15, -0.1) is 0 Å². The normalized spacial score (nSPS) is 17.3. The standard InChI is InChI=1S/C20H22N2O4S/c23-20(21-16-6-4-5-7-16)15-10-11-19-18(14-15)22(12-13-26-19)27(24,25)17-8-2-1-3-9-17/h1-3,8-11,14,16H,4-7,12-13H2,(H,21,23). The summed E-state index contributed by atoms with van der Waals surface area (Å²) >= 11 is 0. The molecule has 6 nitrogen and oxygen atoms in total. The van der Waals surface area contributed by atoms with Crippen molar-refractivity contribution in [3.63, 3.8) is 0 Å². The van der Waals surface area contributed by atoms with Gasteiger partial charge in [-0.2, -0.15) is 0 Å². The number of hydrogen-bond donors (Lipinski definition) is 1. The summed E-state index contributed by atoms with van der Waals surface area (Å²) in [5.74, 6) is 0.297. The number of nitrogens with one attached hydrogen (secondary N) is 1. The molecule has 0 saturated heterocycles. The summed E-state index contributed by atoms with van der Waals surface area (Å²) in [4.78, 5) is 12.8. The molecule has 0 unspecified atom stereocenters. The van der Waals surface area contributed by atoms with Crippen LogP contribution in [-0.2, 0) is 10.0 Å². The Hall–Kier alpha value is -2.54. The number of rotatable bonds is 4. The lowest BCUT2D eigenvalue weighted by Crippen LogP contribution is -2.38. The van der Waals surface area contributed by atoms with Crippen molar-refractivity contribution >= 4 is 21.6 Å². The van der Waals surface area contributed by atoms with Crippen LogP contribution in [0.3, 0.4) is 0 Å². The lowest BCUT2D eigenvalue weighted by molar-refractivity contribution is 0.0938. The molecule has 0 aromatic heterocycles. The van der Waals surface area contributed by atoms with Gasteiger partial charge in [-0.1, -0.05) is 31.0 Å². The number of nitrogens with zero attached hydrogens (tertiary/aromatic N) is 1. The highest BCUT2D eigenvalue weighted by Gasteiger charge is 2.31. The average molecular weight is 386 g/mol. The Morgan fingerprint density at radius 3 is 2.56 bits per heavy atom. The van der Waals surface area contributed by atoms with E-state index in [-0.39, 0.29) is 30.0 Å². The Morgan fingerprint density at radius 2 is 1.81 bits per heavy atom. The number of anilines is 1. The molecule has 2 aromatic rings. The van der Waals surface area contributed by atoms with Crippen LogP contribution in [0.5, 0.6) is 5.75 Å². The molecule has 2 aliphatic rings. The minimum Gasteiger partial charge on any atom is -0.489 e. The van der Waals surface area contributed by atoms with Crippen LogP contribution in [0.2, 0.25) is 0 Å². The summed E-state index contributed by atoms with van der Waals surface area (Å²) in [6.07, 6.45) is 4.25. The molecule has 7 heteroatoms. The van der Waals surface area contributed by atoms with Crippen molar-refractivity contribution in [1.29, 1.82) is 0 Å². The number of fused-ring (bicyclic) bond motifs is 1. The summed E-state index contributed by atoms with van der Waals surface area (Å²) in [6.45, 7) is 0.477. The van der Waals surface area contributed by atoms with Crippen LogP contribution >= 0.6 is 0 Å². The van der Waals surface area contributed by atoms with Gasteiger partial charge in [-0.05, 0) is 43.2 Å². The van der Waals surface area contributed by atoms with Crippen LogP contribution in [0.1, 0.15) is 36.0 Å². The lowest BCUT2D eigenvalue weighted by atomic mass is 10.1. The molecular weight excluding hydrogens is 364 g/mol. The molecule has 4 rings (SSSR count). The summed E-state index contributed by atoms with van der Waals surface area (Å²) < 4.78 is 33.1. The van der Waals surface area contributed by atoms with Gasteiger partial charge >= 0.3 is 0 Å². The second kappa shape index (κ2) is 7.23. The van der Waals surface area contributed by atoms with Crippen LogP contribution < -0.4 is 14.4 Å². The number of amides is 1. The SMILES string of the molecule is O=C(NC1CCCC1)c1ccc2c(c1)N(S(=O)(=O)c1ccccc1)CCO2. The highest BCUT2D eigenvalue weighted by Crippen LogP contribution is 2.36. The Bertz CT molecular complexity index is 938. The first-order valence-corrected chi connectivity index (χ1v) is 10.7. The van der Waals surface area contributed by atoms with Crippen molar-refractivity contribution in [1.82, 2.24) is 5.32 Å². The summed E-state index contributed by atoms with van der Waals surface area (Å²) in [5.41, 5.74) is 0.851. The maximum absolute atomic E-state index is 13.1. The smallest absolute Gasteiger partial charge is 0.264 e. The number of hydrogen-bond acceptors (Lipinski definition) is 4. The van der Waals surface area contributed by atoms with E-state index in [4.69, 9.17) is 4.74 Å². The van der Waals surface area contributed by atoms with Crippen LogP contribution in [0.25, 0.3) is 0 Å². The van der Waals surface area contributed by atoms with Crippen molar-refractivity contribution < 1.29 is 17.9 Å². The third-order valence-electron chi connectivity index (χ3n) is 5.06. The Kier molecular flexibility index (Phi) is 4.78. The van der Waals surface area contributed by atoms with Gasteiger partial charge in [-0.25, -0.2) is 8.42 Å². The maximum Gasteiger partial charge on any atom is 0.264 e. The monoisotopic (exact) mass is 386 g/mol. The van der Waals surface area contributed by atoms with Gasteiger partial charge in [0.05, 0.1) is 17.1 Å². The van der Waals surface area contributed by atoms with Gasteiger partial charge in [0.25, 0.3) is 15.9 Å². The van der Waals surface area contributed by atoms with E-state index in [1.165, 1.54) is 4.31 Å². The van der Waals surface area contributed by atoms with E-state index in [0.717, 1.165) is 25.7 Å². The fourth-order valence-electron chi connectivity index (χ4n) is 3.64. The Morgan fingerprint density at radius 1 is 1.07 bits per heavy atom. The third-order valence-corrected chi connectivity index (χ3v) is 6.89. The Balaban J connectivity index is 1.66. The van der Waals surface area contributed by atoms with Crippen LogP contribution in [-0.4, -0.2) is 33.5 Å². The Labute approximate surface area is 159 Å². The second-order valence-electron chi connectivity index (χ2n) is 6.88. The zero-order chi connectivity index (χ0) is 18.9. The third kappa shape index (κ3) is 3.51. The van der Waals surface area contributed by atoms with Gasteiger partial charge in [0.2, 0.25) is 0 Å². The number of benzene rings is 2. The van der Waals surface area contributed by atoms with E-state index in [0.29, 0.717) is 17.0 Å². The lowest BCUT2D eigenvalue weighted by Gasteiger charge is -2.30. The van der Waals surface area contributed by atoms with E-state index in [1.54, 1.807) is 48.5 Å². The predicted octanol–water partition coefficient (Wildman–Crippen LogP) is 2.95. The molecule has 1 heterocycles. The van der Waals surface area contributed by atoms with E-state index in [1.807, 2.05) is 0 Å². The number of ether oxygens (including phenoxy) is 1. The van der Waals surface area contributed by atoms with Crippen LogP contribution in [0.4, 0.5) is 5.69 Å². The zero-order valence-electron chi connectivity index (χ0n) is 14.9. The molecule has 0 bridgehead atoms. The van der Waals surface area contributed by atoms with Crippen LogP contribution in [0.15, 0.2) is 53.4 Å². The van der Waals surface area contributed by atoms with E-state index < -0.39 is 10.0 Å². The van der Waals surface area contributed by atoms with E-state index in [9.17, 15) is 13.2 Å². The fraction of sp³-hybridized carbons (Fsp3) is 0.350. The van der Waals surface area contributed by atoms with Crippen molar-refractivity contribution in [2.24, 2.45) is 0 Å². The first-order chi connectivity index (χ1) is 13.1. The first kappa shape index (κ1) is 17.9. The topological polar surface area (TPSA) is 75.7 Å². The molecule has 1 amide bonds. The molecule has 2 aromatic carbocycles. The van der Waals surface area contributed by atoms with E-state index in [2.05, 4.69) is 5.32 Å². The fourth-order valence-corrected chi connectivity index (χ4v) is 5.11. The van der Waals surface area contributed by atoms with Gasteiger partial charge in [0, 0.05) is 11.6 Å². The maximum atomic E-state index is 13.1. The summed E-state index contributed by atoms with van der Waals surface area (Å²) in [6, 6.07) is 13.5. The largest absolute Gasteiger partial charge is 0.489 e. The van der Waals surface area contributed by atoms with Crippen molar-refractivity contribution in [2.45, 2.75) is 36.6 Å². The molecule has 142 valence electrons. The van der Waals surface area contributed by atoms with Crippen molar-refractivity contribution in [3.05, 3.63) is 54.1 Å². The van der Waals surface area contributed by atoms with Crippen LogP contribution in [0, 0.1) is 0 Å². The minimum atomic E-state index is -3.72. The number of carbonyl (C=O) groups is 1. The van der Waals surface area contributed by atoms with Gasteiger partial charge in [-0.3, -0.25) is 9.10 Å². The molecule has 1 saturated carbocycles. The minimum absolute atomic E-state index is 0.174. The van der Waals surface area contributed by atoms with Gasteiger partial charge in [0.1, 0.15) is 12.4 Å². The molecule has 0 spiro atoms. The van der Waals surface area contributed by atoms with E-state index >= 15 is 0 Å². The molecule has 1 aliphatic carbocycles. The second-order valence-corrected chi connectivity index (χ2v) is 8.74. The van der Waals surface area contributed by atoms with Gasteiger partial charge in [0.15, 0.2) is 0 Å². The quantitative estimate of drug-likeness (QED) is 0.877. The molecule has 1 fully saturated rings. The zero-order valence-corrected chi connectivity index (χ0v) is 15.7. The van der Waals surface area contributed by atoms with Gasteiger partial charge < -0.3 is 10.1 Å². The van der Waals surface area contributed by atoms with Crippen molar-refractivity contribution in [2.75, 3.05) is 17.5 Å². The number of sulfonamides is 1.